The number of hydrogen-bond acceptors (Lipinski definition) is 4. The molecule has 0 fully saturated rings. The summed E-state index contributed by atoms with van der Waals surface area (Å²) in [6.07, 6.45) is 6.92. The van der Waals surface area contributed by atoms with E-state index in [0.717, 1.165) is 11.1 Å². The number of ether oxygens (including phenoxy) is 1. The Kier molecular flexibility index (Phi) is 6.54. The molecule has 5 nitrogen and oxygen atoms in total. The lowest BCUT2D eigenvalue weighted by Gasteiger charge is -2.20. The van der Waals surface area contributed by atoms with Crippen LogP contribution in [0, 0.1) is 11.3 Å². The molecule has 0 aliphatic heterocycles. The van der Waals surface area contributed by atoms with E-state index >= 15 is 0 Å². The molecule has 0 radical (unpaired) electrons. The molecule has 0 saturated carbocycles. The molecule has 1 heterocycles. The average Bonchev–Trinajstić information content (AvgIpc) is 2.64. The SMILES string of the molecule is COc1ccccc1/C=C/C(=O)N(CCC#N)Cc1cccnc1. The molecule has 24 heavy (non-hydrogen) atoms. The van der Waals surface area contributed by atoms with Gasteiger partial charge in [-0.05, 0) is 23.8 Å². The van der Waals surface area contributed by atoms with Crippen molar-refractivity contribution in [3.8, 4) is 11.8 Å². The van der Waals surface area contributed by atoms with Gasteiger partial charge in [-0.1, -0.05) is 24.3 Å². The highest BCUT2D eigenvalue weighted by molar-refractivity contribution is 5.92. The fourth-order valence-corrected chi connectivity index (χ4v) is 2.23. The quantitative estimate of drug-likeness (QED) is 0.735. The lowest BCUT2D eigenvalue weighted by atomic mass is 10.2. The van der Waals surface area contributed by atoms with Crippen molar-refractivity contribution < 1.29 is 9.53 Å². The number of benzene rings is 1. The largest absolute Gasteiger partial charge is 0.496 e. The molecule has 0 saturated heterocycles. The van der Waals surface area contributed by atoms with Crippen molar-refractivity contribution in [2.75, 3.05) is 13.7 Å². The highest BCUT2D eigenvalue weighted by atomic mass is 16.5. The Hall–Kier alpha value is -3.13. The molecular formula is C19H19N3O2. The van der Waals surface area contributed by atoms with Crippen molar-refractivity contribution in [2.24, 2.45) is 0 Å². The summed E-state index contributed by atoms with van der Waals surface area (Å²) in [5.74, 6) is 0.553. The Morgan fingerprint density at radius 3 is 2.88 bits per heavy atom. The second kappa shape index (κ2) is 9.11. The van der Waals surface area contributed by atoms with Gasteiger partial charge in [-0.25, -0.2) is 0 Å². The van der Waals surface area contributed by atoms with Crippen LogP contribution in [0.2, 0.25) is 0 Å². The molecule has 1 amide bonds. The van der Waals surface area contributed by atoms with E-state index in [1.807, 2.05) is 36.4 Å². The molecule has 0 unspecified atom stereocenters. The zero-order valence-electron chi connectivity index (χ0n) is 13.6. The van der Waals surface area contributed by atoms with Crippen LogP contribution < -0.4 is 4.74 Å². The molecule has 0 aliphatic carbocycles. The van der Waals surface area contributed by atoms with Crippen LogP contribution in [0.1, 0.15) is 17.5 Å². The molecule has 0 bridgehead atoms. The molecule has 2 aromatic rings. The Morgan fingerprint density at radius 2 is 2.17 bits per heavy atom. The van der Waals surface area contributed by atoms with Gasteiger partial charge >= 0.3 is 0 Å². The van der Waals surface area contributed by atoms with Gasteiger partial charge in [0.1, 0.15) is 5.75 Å². The summed E-state index contributed by atoms with van der Waals surface area (Å²) >= 11 is 0. The molecular weight excluding hydrogens is 302 g/mol. The Bertz CT molecular complexity index is 736. The first-order chi connectivity index (χ1) is 11.7. The van der Waals surface area contributed by atoms with Crippen LogP contribution in [0.5, 0.6) is 5.75 Å². The maximum absolute atomic E-state index is 12.5. The molecule has 0 N–H and O–H groups in total. The summed E-state index contributed by atoms with van der Waals surface area (Å²) < 4.78 is 5.27. The zero-order valence-corrected chi connectivity index (χ0v) is 13.6. The number of aromatic nitrogens is 1. The van der Waals surface area contributed by atoms with E-state index in [4.69, 9.17) is 10.00 Å². The number of rotatable bonds is 7. The minimum Gasteiger partial charge on any atom is -0.496 e. The van der Waals surface area contributed by atoms with Crippen LogP contribution in [-0.2, 0) is 11.3 Å². The average molecular weight is 321 g/mol. The Balaban J connectivity index is 2.12. The number of methoxy groups -OCH3 is 1. The van der Waals surface area contributed by atoms with Gasteiger partial charge in [-0.3, -0.25) is 9.78 Å². The topological polar surface area (TPSA) is 66.2 Å². The minimum absolute atomic E-state index is 0.153. The molecule has 1 aromatic carbocycles. The second-order valence-corrected chi connectivity index (χ2v) is 5.10. The molecule has 5 heteroatoms. The molecule has 2 rings (SSSR count). The number of carbonyl (C=O) groups excluding carboxylic acids is 1. The number of amides is 1. The normalized spacial score (nSPS) is 10.3. The lowest BCUT2D eigenvalue weighted by molar-refractivity contribution is -0.126. The number of nitriles is 1. The Morgan fingerprint density at radius 1 is 1.33 bits per heavy atom. The summed E-state index contributed by atoms with van der Waals surface area (Å²) in [6, 6.07) is 13.3. The Labute approximate surface area is 141 Å². The third-order valence-electron chi connectivity index (χ3n) is 3.45. The third-order valence-corrected chi connectivity index (χ3v) is 3.45. The smallest absolute Gasteiger partial charge is 0.246 e. The van der Waals surface area contributed by atoms with Gasteiger partial charge in [0, 0.05) is 37.1 Å². The fourth-order valence-electron chi connectivity index (χ4n) is 2.23. The van der Waals surface area contributed by atoms with Gasteiger partial charge in [-0.2, -0.15) is 5.26 Å². The van der Waals surface area contributed by atoms with Crippen LogP contribution in [0.4, 0.5) is 0 Å². The third kappa shape index (κ3) is 4.96. The van der Waals surface area contributed by atoms with Crippen LogP contribution in [-0.4, -0.2) is 29.4 Å². The maximum atomic E-state index is 12.5. The number of pyridine rings is 1. The second-order valence-electron chi connectivity index (χ2n) is 5.10. The molecule has 122 valence electrons. The summed E-state index contributed by atoms with van der Waals surface area (Å²) in [6.45, 7) is 0.797. The summed E-state index contributed by atoms with van der Waals surface area (Å²) in [7, 11) is 1.59. The fraction of sp³-hybridized carbons (Fsp3) is 0.211. The van der Waals surface area contributed by atoms with E-state index in [1.165, 1.54) is 6.08 Å². The van der Waals surface area contributed by atoms with E-state index in [-0.39, 0.29) is 12.3 Å². The first-order valence-corrected chi connectivity index (χ1v) is 7.60. The van der Waals surface area contributed by atoms with Gasteiger partial charge in [0.05, 0.1) is 19.6 Å². The van der Waals surface area contributed by atoms with Gasteiger partial charge in [-0.15, -0.1) is 0 Å². The van der Waals surface area contributed by atoms with Crippen LogP contribution in [0.15, 0.2) is 54.9 Å². The van der Waals surface area contributed by atoms with Gasteiger partial charge in [0.25, 0.3) is 0 Å². The predicted molar refractivity (Wildman–Crippen MR) is 91.9 cm³/mol. The highest BCUT2D eigenvalue weighted by Gasteiger charge is 2.11. The molecule has 1 aromatic heterocycles. The van der Waals surface area contributed by atoms with Crippen LogP contribution in [0.3, 0.4) is 0 Å². The number of nitrogens with zero attached hydrogens (tertiary/aromatic N) is 3. The first-order valence-electron chi connectivity index (χ1n) is 7.60. The lowest BCUT2D eigenvalue weighted by Crippen LogP contribution is -2.29. The molecule has 0 atom stereocenters. The van der Waals surface area contributed by atoms with E-state index in [0.29, 0.717) is 18.8 Å². The van der Waals surface area contributed by atoms with E-state index in [2.05, 4.69) is 11.1 Å². The number of hydrogen-bond donors (Lipinski definition) is 0. The van der Waals surface area contributed by atoms with Crippen molar-refractivity contribution in [3.63, 3.8) is 0 Å². The summed E-state index contributed by atoms with van der Waals surface area (Å²) in [5, 5.41) is 8.80. The summed E-state index contributed by atoms with van der Waals surface area (Å²) in [4.78, 5) is 18.2. The van der Waals surface area contributed by atoms with Crippen molar-refractivity contribution >= 4 is 12.0 Å². The minimum atomic E-state index is -0.153. The molecule has 0 aliphatic rings. The van der Waals surface area contributed by atoms with Gasteiger partial charge in [0.15, 0.2) is 0 Å². The predicted octanol–water partition coefficient (Wildman–Crippen LogP) is 3.05. The van der Waals surface area contributed by atoms with Crippen LogP contribution in [0.25, 0.3) is 6.08 Å². The van der Waals surface area contributed by atoms with E-state index < -0.39 is 0 Å². The van der Waals surface area contributed by atoms with Crippen molar-refractivity contribution in [1.82, 2.24) is 9.88 Å². The van der Waals surface area contributed by atoms with Gasteiger partial charge < -0.3 is 9.64 Å². The van der Waals surface area contributed by atoms with E-state index in [9.17, 15) is 4.79 Å². The number of para-hydroxylation sites is 1. The first kappa shape index (κ1) is 17.2. The van der Waals surface area contributed by atoms with Gasteiger partial charge in [0.2, 0.25) is 5.91 Å². The highest BCUT2D eigenvalue weighted by Crippen LogP contribution is 2.18. The standard InChI is InChI=1S/C19H19N3O2/c1-24-18-8-3-2-7-17(18)9-10-19(23)22(13-5-11-20)15-16-6-4-12-21-14-16/h2-4,6-10,12,14H,5,13,15H2,1H3/b10-9+. The summed E-state index contributed by atoms with van der Waals surface area (Å²) in [5.41, 5.74) is 1.75. The van der Waals surface area contributed by atoms with Crippen molar-refractivity contribution in [3.05, 3.63) is 66.0 Å². The maximum Gasteiger partial charge on any atom is 0.246 e. The van der Waals surface area contributed by atoms with Crippen molar-refractivity contribution in [2.45, 2.75) is 13.0 Å². The van der Waals surface area contributed by atoms with E-state index in [1.54, 1.807) is 30.5 Å². The zero-order chi connectivity index (χ0) is 17.2. The molecule has 0 spiro atoms. The van der Waals surface area contributed by atoms with Crippen molar-refractivity contribution in [1.29, 1.82) is 5.26 Å². The van der Waals surface area contributed by atoms with Crippen LogP contribution >= 0.6 is 0 Å². The monoisotopic (exact) mass is 321 g/mol. The number of carbonyl (C=O) groups is 1.